The Morgan fingerprint density at radius 3 is 2.18 bits per heavy atom. The van der Waals surface area contributed by atoms with E-state index in [9.17, 15) is 0 Å². The second-order valence-corrected chi connectivity index (χ2v) is 12.8. The van der Waals surface area contributed by atoms with Gasteiger partial charge in [-0.2, -0.15) is 0 Å². The van der Waals surface area contributed by atoms with Gasteiger partial charge in [-0.25, -0.2) is 4.98 Å². The molecule has 0 unspecified atom stereocenters. The number of fused-ring (bicyclic) bond motifs is 4. The normalized spacial score (nSPS) is 13.6. The predicted molar refractivity (Wildman–Crippen MR) is 201 cm³/mol. The predicted octanol–water partition coefficient (Wildman–Crippen LogP) is 11.5. The third-order valence-electron chi connectivity index (χ3n) is 8.63. The van der Waals surface area contributed by atoms with Gasteiger partial charge in [-0.3, -0.25) is 4.98 Å². The van der Waals surface area contributed by atoms with Crippen molar-refractivity contribution in [2.45, 2.75) is 60.2 Å². The number of hydrogen-bond donors (Lipinski definition) is 0. The third kappa shape index (κ3) is 6.66. The zero-order valence-corrected chi connectivity index (χ0v) is 30.9. The summed E-state index contributed by atoms with van der Waals surface area (Å²) in [5.41, 5.74) is 10.6. The van der Waals surface area contributed by atoms with E-state index in [1.165, 1.54) is 41.2 Å². The number of para-hydroxylation sites is 2. The first kappa shape index (κ1) is 27.9. The average Bonchev–Trinajstić information content (AvgIpc) is 3.72. The van der Waals surface area contributed by atoms with E-state index in [0.29, 0.717) is 23.1 Å². The maximum absolute atomic E-state index is 7.28. The number of benzene rings is 4. The molecular formula is C44H40IrN4O-2. The van der Waals surface area contributed by atoms with Crippen molar-refractivity contribution in [1.29, 1.82) is 0 Å². The van der Waals surface area contributed by atoms with Crippen LogP contribution in [0.3, 0.4) is 0 Å². The van der Waals surface area contributed by atoms with Crippen molar-refractivity contribution in [3.8, 4) is 28.3 Å². The van der Waals surface area contributed by atoms with Crippen LogP contribution in [0.1, 0.15) is 75.6 Å². The van der Waals surface area contributed by atoms with E-state index >= 15 is 0 Å². The molecule has 0 N–H and O–H groups in total. The Balaban J connectivity index is 0.000000217. The first-order chi connectivity index (χ1) is 26.1. The minimum atomic E-state index is -2.18. The Hall–Kier alpha value is -4.90. The molecule has 0 aliphatic heterocycles. The molecule has 0 saturated carbocycles. The third-order valence-corrected chi connectivity index (χ3v) is 8.63. The number of nitrogens with zero attached hydrogens (tertiary/aromatic N) is 4. The minimum Gasteiger partial charge on any atom is -0.501 e. The summed E-state index contributed by atoms with van der Waals surface area (Å²) in [6.45, 7) is 6.73. The van der Waals surface area contributed by atoms with Gasteiger partial charge in [0.2, 0.25) is 0 Å². The first-order valence-corrected chi connectivity index (χ1v) is 16.4. The molecule has 0 spiro atoms. The fourth-order valence-electron chi connectivity index (χ4n) is 6.22. The van der Waals surface area contributed by atoms with Crippen molar-refractivity contribution in [1.82, 2.24) is 19.5 Å². The molecule has 0 amide bonds. The maximum Gasteiger partial charge on any atom is 0.168 e. The smallest absolute Gasteiger partial charge is 0.168 e. The first-order valence-electron chi connectivity index (χ1n) is 19.4. The Kier molecular flexibility index (Phi) is 8.10. The number of rotatable bonds is 5. The van der Waals surface area contributed by atoms with Gasteiger partial charge in [-0.15, -0.1) is 53.6 Å². The molecule has 1 radical (unpaired) electrons. The van der Waals surface area contributed by atoms with Crippen molar-refractivity contribution in [3.05, 3.63) is 143 Å². The summed E-state index contributed by atoms with van der Waals surface area (Å²) in [5, 5.41) is 2.16. The zero-order valence-electron chi connectivity index (χ0n) is 34.5. The van der Waals surface area contributed by atoms with E-state index in [2.05, 4.69) is 92.7 Å². The number of hydrogen-bond acceptors (Lipinski definition) is 4. The van der Waals surface area contributed by atoms with Crippen molar-refractivity contribution in [2.24, 2.45) is 0 Å². The summed E-state index contributed by atoms with van der Waals surface area (Å²) >= 11 is 0. The molecule has 4 heterocycles. The quantitative estimate of drug-likeness (QED) is 0.162. The van der Waals surface area contributed by atoms with Gasteiger partial charge in [-0.1, -0.05) is 94.0 Å². The van der Waals surface area contributed by atoms with E-state index in [-0.39, 0.29) is 31.2 Å². The Morgan fingerprint density at radius 1 is 0.760 bits per heavy atom. The van der Waals surface area contributed by atoms with E-state index in [0.717, 1.165) is 50.1 Å². The standard InChI is InChI=1S/C31H28N3O.C13H12N.Ir/c1-18(2)21-11-8-12-22(19(3)4)28(21)34-26-16-20(5)17-32-30(26)33-31(34)25-14-9-13-24-23-10-6-7-15-27(23)35-29(24)25;1-10-3-6-12(7-4-10)13-8-5-11(2)9-14-13;/h6-13,15-19H,1-5H3;3-6,8-9H,1-2H3;/q2*-1;/i;1D3,2D3;. The van der Waals surface area contributed by atoms with E-state index in [1.807, 2.05) is 30.5 Å². The van der Waals surface area contributed by atoms with Crippen LogP contribution in [0.25, 0.3) is 61.4 Å². The van der Waals surface area contributed by atoms with Crippen molar-refractivity contribution in [3.63, 3.8) is 0 Å². The second kappa shape index (κ2) is 14.5. The van der Waals surface area contributed by atoms with E-state index in [1.54, 1.807) is 12.1 Å². The van der Waals surface area contributed by atoms with Crippen molar-refractivity contribution >= 4 is 33.1 Å². The van der Waals surface area contributed by atoms with Crippen LogP contribution in [0.2, 0.25) is 0 Å². The summed E-state index contributed by atoms with van der Waals surface area (Å²) in [5.74, 6) is 1.49. The molecule has 0 fully saturated rings. The molecule has 4 aromatic carbocycles. The number of furan rings is 1. The Morgan fingerprint density at radius 2 is 1.50 bits per heavy atom. The molecule has 0 aliphatic rings. The van der Waals surface area contributed by atoms with Crippen LogP contribution in [-0.2, 0) is 20.1 Å². The van der Waals surface area contributed by atoms with Gasteiger partial charge in [0.25, 0.3) is 0 Å². The molecule has 253 valence electrons. The largest absolute Gasteiger partial charge is 0.501 e. The number of pyridine rings is 2. The number of aromatic nitrogens is 4. The number of imidazole rings is 1. The molecule has 6 heteroatoms. The van der Waals surface area contributed by atoms with Crippen LogP contribution in [0.4, 0.5) is 0 Å². The molecule has 50 heavy (non-hydrogen) atoms. The maximum atomic E-state index is 7.28. The van der Waals surface area contributed by atoms with Crippen LogP contribution < -0.4 is 0 Å². The van der Waals surface area contributed by atoms with E-state index in [4.69, 9.17) is 22.6 Å². The fourth-order valence-corrected chi connectivity index (χ4v) is 6.22. The van der Waals surface area contributed by atoms with Gasteiger partial charge in [0, 0.05) is 51.8 Å². The summed E-state index contributed by atoms with van der Waals surface area (Å²) in [6, 6.07) is 34.9. The van der Waals surface area contributed by atoms with Gasteiger partial charge in [0.1, 0.15) is 5.58 Å². The van der Waals surface area contributed by atoms with Crippen molar-refractivity contribution in [2.75, 3.05) is 0 Å². The zero-order chi connectivity index (χ0) is 39.2. The molecular weight excluding hydrogens is 793 g/mol. The number of aryl methyl sites for hydroxylation is 3. The van der Waals surface area contributed by atoms with Gasteiger partial charge in [0.15, 0.2) is 5.65 Å². The molecule has 4 aromatic heterocycles. The van der Waals surface area contributed by atoms with Gasteiger partial charge < -0.3 is 14.0 Å². The molecule has 8 rings (SSSR count). The summed E-state index contributed by atoms with van der Waals surface area (Å²) in [6.07, 6.45) is 3.18. The van der Waals surface area contributed by atoms with Gasteiger partial charge in [0.05, 0.1) is 16.9 Å². The second-order valence-electron chi connectivity index (χ2n) is 12.8. The Bertz CT molecular complexity index is 2560. The van der Waals surface area contributed by atoms with Crippen LogP contribution in [-0.4, -0.2) is 19.5 Å². The molecule has 0 aliphatic carbocycles. The minimum absolute atomic E-state index is 0. The molecule has 5 nitrogen and oxygen atoms in total. The average molecular weight is 839 g/mol. The molecule has 0 atom stereocenters. The van der Waals surface area contributed by atoms with Crippen LogP contribution in [0, 0.1) is 32.8 Å². The SMILES string of the molecule is Cc1cnc2nc(-c3[c-]ccc4c3oc3ccccc34)n(-c3c(C(C)C)cccc3C(C)C)c2c1.[2H]C([2H])([2H])c1c[c-]c(-c2ccc(C([2H])([2H])[2H])cn2)cc1.[Ir]. The molecule has 0 saturated heterocycles. The van der Waals surface area contributed by atoms with E-state index < -0.39 is 13.7 Å². The molecule has 0 bridgehead atoms. The summed E-state index contributed by atoms with van der Waals surface area (Å²) in [7, 11) is 0. The fraction of sp³-hybridized carbons (Fsp3) is 0.205. The van der Waals surface area contributed by atoms with Crippen LogP contribution in [0.5, 0.6) is 0 Å². The van der Waals surface area contributed by atoms with Gasteiger partial charge in [-0.05, 0) is 65.7 Å². The topological polar surface area (TPSA) is 56.7 Å². The molecule has 8 aromatic rings. The Labute approximate surface area is 316 Å². The summed E-state index contributed by atoms with van der Waals surface area (Å²) < 4.78 is 52.3. The van der Waals surface area contributed by atoms with Crippen LogP contribution >= 0.6 is 0 Å². The monoisotopic (exact) mass is 839 g/mol. The van der Waals surface area contributed by atoms with Crippen LogP contribution in [0.15, 0.2) is 108 Å². The van der Waals surface area contributed by atoms with Crippen molar-refractivity contribution < 1.29 is 32.7 Å². The van der Waals surface area contributed by atoms with Gasteiger partial charge >= 0.3 is 0 Å². The summed E-state index contributed by atoms with van der Waals surface area (Å²) in [4.78, 5) is 13.9.